The summed E-state index contributed by atoms with van der Waals surface area (Å²) in [4.78, 5) is 11.1. The lowest BCUT2D eigenvalue weighted by Crippen LogP contribution is -2.51. The van der Waals surface area contributed by atoms with Crippen molar-refractivity contribution in [2.75, 3.05) is 6.54 Å². The molecule has 3 nitrogen and oxygen atoms in total. The third-order valence-electron chi connectivity index (χ3n) is 2.22. The molecule has 2 amide bonds. The molecule has 0 fully saturated rings. The molecule has 0 bridgehead atoms. The smallest absolute Gasteiger partial charge is 0.315 e. The van der Waals surface area contributed by atoms with Gasteiger partial charge in [-0.3, -0.25) is 0 Å². The van der Waals surface area contributed by atoms with E-state index >= 15 is 0 Å². The van der Waals surface area contributed by atoms with Gasteiger partial charge in [-0.1, -0.05) is 13.8 Å². The summed E-state index contributed by atoms with van der Waals surface area (Å²) in [5.41, 5.74) is -0.140. The van der Waals surface area contributed by atoms with Gasteiger partial charge in [0, 0.05) is 12.1 Å². The second-order valence-corrected chi connectivity index (χ2v) is 3.86. The van der Waals surface area contributed by atoms with Crippen LogP contribution >= 0.6 is 0 Å². The fourth-order valence-electron chi connectivity index (χ4n) is 0.642. The third-order valence-corrected chi connectivity index (χ3v) is 2.22. The van der Waals surface area contributed by atoms with Crippen molar-refractivity contribution in [1.82, 2.24) is 10.6 Å². The topological polar surface area (TPSA) is 41.1 Å². The molecule has 2 N–H and O–H groups in total. The van der Waals surface area contributed by atoms with Gasteiger partial charge >= 0.3 is 6.03 Å². The predicted octanol–water partition coefficient (Wildman–Crippen LogP) is 1.74. The van der Waals surface area contributed by atoms with Crippen LogP contribution in [0.3, 0.4) is 0 Å². The minimum Gasteiger partial charge on any atom is -0.338 e. The molecule has 72 valence electrons. The quantitative estimate of drug-likeness (QED) is 0.669. The van der Waals surface area contributed by atoms with Crippen molar-refractivity contribution in [3.63, 3.8) is 0 Å². The van der Waals surface area contributed by atoms with Crippen LogP contribution in [0, 0.1) is 5.92 Å². The van der Waals surface area contributed by atoms with E-state index in [2.05, 4.69) is 24.5 Å². The zero-order chi connectivity index (χ0) is 9.78. The number of hydrogen-bond donors (Lipinski definition) is 2. The molecule has 0 aliphatic heterocycles. The Kier molecular flexibility index (Phi) is 4.07. The first-order valence-corrected chi connectivity index (χ1v) is 4.46. The van der Waals surface area contributed by atoms with Crippen molar-refractivity contribution >= 4 is 6.03 Å². The van der Waals surface area contributed by atoms with Gasteiger partial charge in [-0.25, -0.2) is 4.79 Å². The van der Waals surface area contributed by atoms with Crippen molar-refractivity contribution in [2.24, 2.45) is 5.92 Å². The highest BCUT2D eigenvalue weighted by Crippen LogP contribution is 2.14. The maximum absolute atomic E-state index is 11.1. The van der Waals surface area contributed by atoms with Gasteiger partial charge in [0.1, 0.15) is 0 Å². The minimum atomic E-state index is -0.140. The Morgan fingerprint density at radius 3 is 2.25 bits per heavy atom. The highest BCUT2D eigenvalue weighted by atomic mass is 16.2. The number of nitrogens with one attached hydrogen (secondary N) is 2. The van der Waals surface area contributed by atoms with E-state index in [1.165, 1.54) is 0 Å². The van der Waals surface area contributed by atoms with Crippen molar-refractivity contribution in [3.8, 4) is 0 Å². The standard InChI is InChI=1S/C9H20N2O/c1-6-10-8(12)11-9(4,5)7(2)3/h7H,6H2,1-5H3,(H2,10,11,12). The van der Waals surface area contributed by atoms with Crippen LogP contribution in [-0.2, 0) is 0 Å². The third kappa shape index (κ3) is 3.60. The Hall–Kier alpha value is -0.730. The number of urea groups is 1. The molecule has 0 radical (unpaired) electrons. The SMILES string of the molecule is CCNC(=O)NC(C)(C)C(C)C. The zero-order valence-electron chi connectivity index (χ0n) is 8.69. The second-order valence-electron chi connectivity index (χ2n) is 3.86. The first-order chi connectivity index (χ1) is 5.40. The fraction of sp³-hybridized carbons (Fsp3) is 0.889. The maximum atomic E-state index is 11.1. The lowest BCUT2D eigenvalue weighted by atomic mass is 9.91. The molecule has 0 aromatic carbocycles. The molecule has 12 heavy (non-hydrogen) atoms. The maximum Gasteiger partial charge on any atom is 0.315 e. The van der Waals surface area contributed by atoms with Gasteiger partial charge in [0.2, 0.25) is 0 Å². The van der Waals surface area contributed by atoms with Crippen molar-refractivity contribution in [1.29, 1.82) is 0 Å². The average molecular weight is 172 g/mol. The molecule has 3 heteroatoms. The largest absolute Gasteiger partial charge is 0.338 e. The molecule has 0 aliphatic rings. The fourth-order valence-corrected chi connectivity index (χ4v) is 0.642. The molecule has 0 aliphatic carbocycles. The molecule has 0 aromatic heterocycles. The van der Waals surface area contributed by atoms with E-state index in [0.29, 0.717) is 12.5 Å². The molecule has 0 aromatic rings. The van der Waals surface area contributed by atoms with Gasteiger partial charge in [-0.15, -0.1) is 0 Å². The van der Waals surface area contributed by atoms with Crippen LogP contribution in [0.25, 0.3) is 0 Å². The molecule has 0 saturated heterocycles. The van der Waals surface area contributed by atoms with Crippen LogP contribution in [0.15, 0.2) is 0 Å². The molecule has 0 saturated carbocycles. The van der Waals surface area contributed by atoms with Crippen molar-refractivity contribution in [2.45, 2.75) is 40.2 Å². The first-order valence-electron chi connectivity index (χ1n) is 4.46. The van der Waals surface area contributed by atoms with Crippen LogP contribution in [0.2, 0.25) is 0 Å². The summed E-state index contributed by atoms with van der Waals surface area (Å²) in [5, 5.41) is 5.61. The molecule has 0 unspecified atom stereocenters. The van der Waals surface area contributed by atoms with Crippen molar-refractivity contribution in [3.05, 3.63) is 0 Å². The molecule has 0 spiro atoms. The van der Waals surface area contributed by atoms with Gasteiger partial charge < -0.3 is 10.6 Å². The Bertz CT molecular complexity index is 153. The van der Waals surface area contributed by atoms with E-state index in [1.807, 2.05) is 20.8 Å². The average Bonchev–Trinajstić information content (AvgIpc) is 1.85. The van der Waals surface area contributed by atoms with E-state index in [-0.39, 0.29) is 11.6 Å². The van der Waals surface area contributed by atoms with Gasteiger partial charge in [0.05, 0.1) is 0 Å². The summed E-state index contributed by atoms with van der Waals surface area (Å²) in [7, 11) is 0. The van der Waals surface area contributed by atoms with E-state index in [1.54, 1.807) is 0 Å². The van der Waals surface area contributed by atoms with Gasteiger partial charge in [-0.05, 0) is 26.7 Å². The summed E-state index contributed by atoms with van der Waals surface area (Å²) in [6.07, 6.45) is 0. The van der Waals surface area contributed by atoms with Crippen LogP contribution in [0.5, 0.6) is 0 Å². The van der Waals surface area contributed by atoms with Crippen LogP contribution in [0.4, 0.5) is 4.79 Å². The first kappa shape index (κ1) is 11.3. The normalized spacial score (nSPS) is 11.5. The predicted molar refractivity (Wildman–Crippen MR) is 51.1 cm³/mol. The number of rotatable bonds is 3. The summed E-state index contributed by atoms with van der Waals surface area (Å²) in [6, 6.07) is -0.0869. The number of carbonyl (C=O) groups excluding carboxylic acids is 1. The second kappa shape index (κ2) is 4.33. The van der Waals surface area contributed by atoms with Crippen LogP contribution < -0.4 is 10.6 Å². The summed E-state index contributed by atoms with van der Waals surface area (Å²) in [5.74, 6) is 0.431. The number of carbonyl (C=O) groups is 1. The van der Waals surface area contributed by atoms with Crippen LogP contribution in [-0.4, -0.2) is 18.1 Å². The lowest BCUT2D eigenvalue weighted by Gasteiger charge is -2.30. The minimum absolute atomic E-state index is 0.0869. The molecule has 0 rings (SSSR count). The van der Waals surface area contributed by atoms with Crippen molar-refractivity contribution < 1.29 is 4.79 Å². The Labute approximate surface area is 74.9 Å². The van der Waals surface area contributed by atoms with E-state index in [4.69, 9.17) is 0 Å². The van der Waals surface area contributed by atoms with E-state index < -0.39 is 0 Å². The zero-order valence-corrected chi connectivity index (χ0v) is 8.69. The Morgan fingerprint density at radius 1 is 1.42 bits per heavy atom. The summed E-state index contributed by atoms with van der Waals surface area (Å²) >= 11 is 0. The van der Waals surface area contributed by atoms with E-state index in [9.17, 15) is 4.79 Å². The summed E-state index contributed by atoms with van der Waals surface area (Å²) in [6.45, 7) is 10.8. The van der Waals surface area contributed by atoms with Gasteiger partial charge in [0.25, 0.3) is 0 Å². The Morgan fingerprint density at radius 2 is 1.92 bits per heavy atom. The molecular weight excluding hydrogens is 152 g/mol. The monoisotopic (exact) mass is 172 g/mol. The molecule has 0 heterocycles. The lowest BCUT2D eigenvalue weighted by molar-refractivity contribution is 0.218. The highest BCUT2D eigenvalue weighted by Gasteiger charge is 2.23. The molecule has 0 atom stereocenters. The van der Waals surface area contributed by atoms with Crippen LogP contribution in [0.1, 0.15) is 34.6 Å². The summed E-state index contributed by atoms with van der Waals surface area (Å²) < 4.78 is 0. The highest BCUT2D eigenvalue weighted by molar-refractivity contribution is 5.74. The molecular formula is C9H20N2O. The number of hydrogen-bond acceptors (Lipinski definition) is 1. The Balaban J connectivity index is 3.97. The number of amides is 2. The van der Waals surface area contributed by atoms with E-state index in [0.717, 1.165) is 0 Å². The van der Waals surface area contributed by atoms with Gasteiger partial charge in [-0.2, -0.15) is 0 Å². The van der Waals surface area contributed by atoms with Gasteiger partial charge in [0.15, 0.2) is 0 Å².